The standard InChI is InChI=1S/C15H14ClF/c1-10(2)14-8-7-13(17)9-15(14)11-3-5-12(16)6-4-11/h3-10H,1-2H3. The van der Waals surface area contributed by atoms with Gasteiger partial charge in [-0.1, -0.05) is 43.6 Å². The Morgan fingerprint density at radius 3 is 2.24 bits per heavy atom. The fourth-order valence-electron chi connectivity index (χ4n) is 1.91. The average Bonchev–Trinajstić information content (AvgIpc) is 2.29. The minimum Gasteiger partial charge on any atom is -0.207 e. The van der Waals surface area contributed by atoms with Gasteiger partial charge in [0.2, 0.25) is 0 Å². The first-order chi connectivity index (χ1) is 8.08. The Morgan fingerprint density at radius 1 is 1.00 bits per heavy atom. The van der Waals surface area contributed by atoms with Crippen LogP contribution in [-0.4, -0.2) is 0 Å². The molecule has 2 aromatic rings. The van der Waals surface area contributed by atoms with E-state index in [0.29, 0.717) is 10.9 Å². The van der Waals surface area contributed by atoms with Gasteiger partial charge in [-0.25, -0.2) is 4.39 Å². The molecule has 2 heteroatoms. The minimum atomic E-state index is -0.209. The lowest BCUT2D eigenvalue weighted by Gasteiger charge is -2.13. The van der Waals surface area contributed by atoms with E-state index in [4.69, 9.17) is 11.6 Å². The summed E-state index contributed by atoms with van der Waals surface area (Å²) < 4.78 is 13.3. The van der Waals surface area contributed by atoms with Crippen LogP contribution in [0.25, 0.3) is 11.1 Å². The molecule has 0 nitrogen and oxygen atoms in total. The van der Waals surface area contributed by atoms with Crippen LogP contribution in [0.15, 0.2) is 42.5 Å². The van der Waals surface area contributed by atoms with Crippen LogP contribution in [0.2, 0.25) is 5.02 Å². The molecule has 0 unspecified atom stereocenters. The highest BCUT2D eigenvalue weighted by molar-refractivity contribution is 6.30. The highest BCUT2D eigenvalue weighted by Gasteiger charge is 2.09. The molecule has 0 saturated heterocycles. The third kappa shape index (κ3) is 2.67. The molecule has 0 aliphatic rings. The van der Waals surface area contributed by atoms with Gasteiger partial charge in [0.15, 0.2) is 0 Å². The van der Waals surface area contributed by atoms with Crippen molar-refractivity contribution in [2.24, 2.45) is 0 Å². The van der Waals surface area contributed by atoms with Gasteiger partial charge in [-0.05, 0) is 46.9 Å². The van der Waals surface area contributed by atoms with Crippen LogP contribution in [0.5, 0.6) is 0 Å². The molecule has 0 aliphatic carbocycles. The van der Waals surface area contributed by atoms with E-state index in [9.17, 15) is 4.39 Å². The van der Waals surface area contributed by atoms with E-state index in [1.54, 1.807) is 6.07 Å². The van der Waals surface area contributed by atoms with E-state index in [-0.39, 0.29) is 5.82 Å². The molecule has 0 saturated carbocycles. The highest BCUT2D eigenvalue weighted by Crippen LogP contribution is 2.30. The normalized spacial score (nSPS) is 10.9. The first-order valence-electron chi connectivity index (χ1n) is 5.63. The zero-order valence-electron chi connectivity index (χ0n) is 9.87. The molecule has 0 atom stereocenters. The quantitative estimate of drug-likeness (QED) is 0.679. The van der Waals surface area contributed by atoms with Crippen molar-refractivity contribution < 1.29 is 4.39 Å². The molecule has 0 spiro atoms. The molecule has 0 radical (unpaired) electrons. The third-order valence-electron chi connectivity index (χ3n) is 2.79. The Bertz CT molecular complexity index is 515. The zero-order valence-corrected chi connectivity index (χ0v) is 10.6. The molecule has 0 aliphatic heterocycles. The van der Waals surface area contributed by atoms with Crippen LogP contribution in [0.3, 0.4) is 0 Å². The van der Waals surface area contributed by atoms with Crippen LogP contribution in [0.1, 0.15) is 25.3 Å². The van der Waals surface area contributed by atoms with E-state index in [1.807, 2.05) is 30.3 Å². The summed E-state index contributed by atoms with van der Waals surface area (Å²) in [5, 5.41) is 0.691. The molecule has 0 heterocycles. The summed E-state index contributed by atoms with van der Waals surface area (Å²) in [4.78, 5) is 0. The van der Waals surface area contributed by atoms with Gasteiger partial charge in [0, 0.05) is 5.02 Å². The van der Waals surface area contributed by atoms with Crippen molar-refractivity contribution in [2.45, 2.75) is 19.8 Å². The average molecular weight is 249 g/mol. The largest absolute Gasteiger partial charge is 0.207 e. The molecule has 0 amide bonds. The van der Waals surface area contributed by atoms with Gasteiger partial charge in [-0.3, -0.25) is 0 Å². The van der Waals surface area contributed by atoms with Crippen molar-refractivity contribution in [1.82, 2.24) is 0 Å². The number of rotatable bonds is 2. The maximum absolute atomic E-state index is 13.3. The fraction of sp³-hybridized carbons (Fsp3) is 0.200. The number of benzene rings is 2. The zero-order chi connectivity index (χ0) is 12.4. The minimum absolute atomic E-state index is 0.209. The Balaban J connectivity index is 2.56. The summed E-state index contributed by atoms with van der Waals surface area (Å²) in [5.74, 6) is 0.153. The first kappa shape index (κ1) is 12.1. The SMILES string of the molecule is CC(C)c1ccc(F)cc1-c1ccc(Cl)cc1. The van der Waals surface area contributed by atoms with Crippen molar-refractivity contribution in [2.75, 3.05) is 0 Å². The summed E-state index contributed by atoms with van der Waals surface area (Å²) in [6.45, 7) is 4.21. The second-order valence-corrected chi connectivity index (χ2v) is 4.83. The van der Waals surface area contributed by atoms with Crippen LogP contribution in [0.4, 0.5) is 4.39 Å². The first-order valence-corrected chi connectivity index (χ1v) is 6.01. The molecule has 2 aromatic carbocycles. The molecular formula is C15H14ClF. The lowest BCUT2D eigenvalue weighted by Crippen LogP contribution is -1.93. The van der Waals surface area contributed by atoms with Crippen molar-refractivity contribution in [1.29, 1.82) is 0 Å². The lowest BCUT2D eigenvalue weighted by atomic mass is 9.92. The number of hydrogen-bond acceptors (Lipinski definition) is 0. The summed E-state index contributed by atoms with van der Waals surface area (Å²) in [5.41, 5.74) is 3.09. The van der Waals surface area contributed by atoms with Gasteiger partial charge in [-0.15, -0.1) is 0 Å². The third-order valence-corrected chi connectivity index (χ3v) is 3.04. The van der Waals surface area contributed by atoms with E-state index in [2.05, 4.69) is 13.8 Å². The second-order valence-electron chi connectivity index (χ2n) is 4.39. The van der Waals surface area contributed by atoms with Gasteiger partial charge < -0.3 is 0 Å². The molecule has 17 heavy (non-hydrogen) atoms. The topological polar surface area (TPSA) is 0 Å². The molecule has 0 N–H and O–H groups in total. The molecule has 0 fully saturated rings. The molecule has 2 rings (SSSR count). The van der Waals surface area contributed by atoms with Gasteiger partial charge in [0.1, 0.15) is 5.82 Å². The Kier molecular flexibility index (Phi) is 3.49. The van der Waals surface area contributed by atoms with Crippen LogP contribution < -0.4 is 0 Å². The van der Waals surface area contributed by atoms with Crippen molar-refractivity contribution >= 4 is 11.6 Å². The Labute approximate surface area is 106 Å². The molecule has 0 aromatic heterocycles. The van der Waals surface area contributed by atoms with Crippen molar-refractivity contribution in [3.8, 4) is 11.1 Å². The van der Waals surface area contributed by atoms with Gasteiger partial charge in [-0.2, -0.15) is 0 Å². The monoisotopic (exact) mass is 248 g/mol. The summed E-state index contributed by atoms with van der Waals surface area (Å²) in [6.07, 6.45) is 0. The van der Waals surface area contributed by atoms with Crippen LogP contribution in [0, 0.1) is 5.82 Å². The predicted octanol–water partition coefficient (Wildman–Crippen LogP) is 5.27. The molecular weight excluding hydrogens is 235 g/mol. The number of hydrogen-bond donors (Lipinski definition) is 0. The smallest absolute Gasteiger partial charge is 0.123 e. The Morgan fingerprint density at radius 2 is 1.65 bits per heavy atom. The van der Waals surface area contributed by atoms with E-state index < -0.39 is 0 Å². The maximum atomic E-state index is 13.3. The Hall–Kier alpha value is -1.34. The van der Waals surface area contributed by atoms with Crippen LogP contribution in [-0.2, 0) is 0 Å². The second kappa shape index (κ2) is 4.89. The summed E-state index contributed by atoms with van der Waals surface area (Å²) in [7, 11) is 0. The van der Waals surface area contributed by atoms with Crippen LogP contribution >= 0.6 is 11.6 Å². The lowest BCUT2D eigenvalue weighted by molar-refractivity contribution is 0.627. The van der Waals surface area contributed by atoms with Gasteiger partial charge in [0.25, 0.3) is 0 Å². The van der Waals surface area contributed by atoms with E-state index >= 15 is 0 Å². The fourth-order valence-corrected chi connectivity index (χ4v) is 2.04. The summed E-state index contributed by atoms with van der Waals surface area (Å²) >= 11 is 5.86. The predicted molar refractivity (Wildman–Crippen MR) is 70.9 cm³/mol. The molecule has 0 bridgehead atoms. The van der Waals surface area contributed by atoms with Gasteiger partial charge in [0.05, 0.1) is 0 Å². The van der Waals surface area contributed by atoms with Gasteiger partial charge >= 0.3 is 0 Å². The highest BCUT2D eigenvalue weighted by atomic mass is 35.5. The van der Waals surface area contributed by atoms with Crippen molar-refractivity contribution in [3.63, 3.8) is 0 Å². The van der Waals surface area contributed by atoms with Crippen molar-refractivity contribution in [3.05, 3.63) is 58.9 Å². The maximum Gasteiger partial charge on any atom is 0.123 e. The molecule has 88 valence electrons. The van der Waals surface area contributed by atoms with E-state index in [0.717, 1.165) is 16.7 Å². The van der Waals surface area contributed by atoms with E-state index in [1.165, 1.54) is 6.07 Å². The number of halogens is 2. The summed E-state index contributed by atoms with van der Waals surface area (Å²) in [6, 6.07) is 12.4.